The number of hydrogen-bond donors (Lipinski definition) is 3. The Kier molecular flexibility index (Phi) is 9.86. The average molecular weight is 655 g/mol. The van der Waals surface area contributed by atoms with E-state index < -0.39 is 5.91 Å². The van der Waals surface area contributed by atoms with Crippen LogP contribution in [0.4, 0.5) is 10.8 Å². The lowest BCUT2D eigenvalue weighted by atomic mass is 10.1. The SMILES string of the molecule is Cc1ccccc1/C=C(\NC(=O)c1ccccc1)C(=O)Nc1cccc(SCC(=O)Nc2nc(-c3ccc4ccccc4c3)cs2)c1. The maximum absolute atomic E-state index is 13.5. The van der Waals surface area contributed by atoms with Crippen LogP contribution in [0.15, 0.2) is 137 Å². The first-order chi connectivity index (χ1) is 22.9. The highest BCUT2D eigenvalue weighted by Gasteiger charge is 2.16. The van der Waals surface area contributed by atoms with Crippen LogP contribution in [0.3, 0.4) is 0 Å². The van der Waals surface area contributed by atoms with Gasteiger partial charge >= 0.3 is 0 Å². The fraction of sp³-hybridized carbons (Fsp3) is 0.0526. The first kappa shape index (κ1) is 31.5. The molecule has 232 valence electrons. The Morgan fingerprint density at radius 3 is 2.38 bits per heavy atom. The topological polar surface area (TPSA) is 100 Å². The van der Waals surface area contributed by atoms with E-state index in [4.69, 9.17) is 0 Å². The van der Waals surface area contributed by atoms with E-state index in [0.29, 0.717) is 16.4 Å². The van der Waals surface area contributed by atoms with Gasteiger partial charge in [0, 0.05) is 27.1 Å². The standard InChI is InChI=1S/C38H30N4O3S2/c1-25-10-5-6-14-28(25)21-33(40-36(44)27-12-3-2-4-13-27)37(45)39-31-16-9-17-32(22-31)46-24-35(43)42-38-41-34(23-47-38)30-19-18-26-11-7-8-15-29(26)20-30/h2-23H,24H2,1H3,(H,39,45)(H,40,44)(H,41,42,43)/b33-21-. The molecule has 3 amide bonds. The van der Waals surface area contributed by atoms with Crippen molar-refractivity contribution in [1.29, 1.82) is 0 Å². The van der Waals surface area contributed by atoms with Gasteiger partial charge in [0.1, 0.15) is 5.70 Å². The lowest BCUT2D eigenvalue weighted by Crippen LogP contribution is -2.30. The molecule has 0 aliphatic rings. The second kappa shape index (κ2) is 14.7. The second-order valence-corrected chi connectivity index (χ2v) is 12.6. The fourth-order valence-corrected chi connectivity index (χ4v) is 6.32. The quantitative estimate of drug-likeness (QED) is 0.102. The maximum atomic E-state index is 13.5. The Bertz CT molecular complexity index is 2110. The lowest BCUT2D eigenvalue weighted by molar-refractivity contribution is -0.114. The summed E-state index contributed by atoms with van der Waals surface area (Å²) in [5, 5.41) is 13.3. The molecule has 1 heterocycles. The molecule has 6 rings (SSSR count). The number of hydrogen-bond acceptors (Lipinski definition) is 6. The van der Waals surface area contributed by atoms with Crippen LogP contribution in [0, 0.1) is 6.92 Å². The van der Waals surface area contributed by atoms with E-state index >= 15 is 0 Å². The van der Waals surface area contributed by atoms with Gasteiger partial charge in [-0.05, 0) is 71.3 Å². The number of nitrogens with zero attached hydrogens (tertiary/aromatic N) is 1. The molecule has 47 heavy (non-hydrogen) atoms. The summed E-state index contributed by atoms with van der Waals surface area (Å²) in [6.07, 6.45) is 1.67. The van der Waals surface area contributed by atoms with E-state index in [-0.39, 0.29) is 23.3 Å². The molecule has 0 saturated heterocycles. The van der Waals surface area contributed by atoms with Crippen LogP contribution in [0.2, 0.25) is 0 Å². The molecule has 9 heteroatoms. The van der Waals surface area contributed by atoms with Gasteiger partial charge in [-0.25, -0.2) is 4.98 Å². The number of thiazole rings is 1. The number of benzene rings is 5. The minimum absolute atomic E-state index is 0.108. The molecule has 0 aliphatic carbocycles. The first-order valence-electron chi connectivity index (χ1n) is 14.8. The first-order valence-corrected chi connectivity index (χ1v) is 16.7. The van der Waals surface area contributed by atoms with Gasteiger partial charge in [-0.3, -0.25) is 14.4 Å². The van der Waals surface area contributed by atoms with Crippen molar-refractivity contribution in [2.24, 2.45) is 0 Å². The van der Waals surface area contributed by atoms with E-state index in [1.165, 1.54) is 23.1 Å². The van der Waals surface area contributed by atoms with Crippen LogP contribution in [-0.4, -0.2) is 28.5 Å². The van der Waals surface area contributed by atoms with Crippen molar-refractivity contribution < 1.29 is 14.4 Å². The number of thioether (sulfide) groups is 1. The van der Waals surface area contributed by atoms with Gasteiger partial charge in [0.2, 0.25) is 5.91 Å². The molecule has 5 aromatic carbocycles. The molecule has 0 atom stereocenters. The van der Waals surface area contributed by atoms with Crippen molar-refractivity contribution in [3.8, 4) is 11.3 Å². The summed E-state index contributed by atoms with van der Waals surface area (Å²) >= 11 is 2.72. The summed E-state index contributed by atoms with van der Waals surface area (Å²) in [5.74, 6) is -0.881. The number of aryl methyl sites for hydroxylation is 1. The molecule has 0 bridgehead atoms. The number of aromatic nitrogens is 1. The normalized spacial score (nSPS) is 11.2. The molecule has 1 aromatic heterocycles. The van der Waals surface area contributed by atoms with Crippen molar-refractivity contribution in [2.45, 2.75) is 11.8 Å². The summed E-state index contributed by atoms with van der Waals surface area (Å²) in [6.45, 7) is 1.94. The molecule has 6 aromatic rings. The highest BCUT2D eigenvalue weighted by Crippen LogP contribution is 2.28. The summed E-state index contributed by atoms with van der Waals surface area (Å²) in [4.78, 5) is 44.6. The Hall–Kier alpha value is -5.51. The van der Waals surface area contributed by atoms with Crippen LogP contribution in [0.1, 0.15) is 21.5 Å². The molecule has 0 radical (unpaired) electrons. The summed E-state index contributed by atoms with van der Waals surface area (Å²) in [5.41, 5.74) is 4.66. The van der Waals surface area contributed by atoms with Gasteiger partial charge in [0.25, 0.3) is 11.8 Å². The maximum Gasteiger partial charge on any atom is 0.272 e. The minimum atomic E-state index is -0.469. The summed E-state index contributed by atoms with van der Waals surface area (Å²) in [7, 11) is 0. The number of carbonyl (C=O) groups excluding carboxylic acids is 3. The zero-order chi connectivity index (χ0) is 32.6. The third-order valence-corrected chi connectivity index (χ3v) is 9.03. The van der Waals surface area contributed by atoms with Gasteiger partial charge in [-0.2, -0.15) is 0 Å². The fourth-order valence-electron chi connectivity index (χ4n) is 4.83. The molecular formula is C38H30N4O3S2. The molecule has 0 unspecified atom stereocenters. The Labute approximate surface area is 280 Å². The Morgan fingerprint density at radius 1 is 0.787 bits per heavy atom. The van der Waals surface area contributed by atoms with Crippen molar-refractivity contribution in [1.82, 2.24) is 10.3 Å². The van der Waals surface area contributed by atoms with Gasteiger partial charge in [-0.1, -0.05) is 84.9 Å². The third kappa shape index (κ3) is 8.21. The zero-order valence-electron chi connectivity index (χ0n) is 25.4. The number of carbonyl (C=O) groups is 3. The molecular weight excluding hydrogens is 625 g/mol. The summed E-state index contributed by atoms with van der Waals surface area (Å²) < 4.78 is 0. The van der Waals surface area contributed by atoms with E-state index in [0.717, 1.165) is 38.1 Å². The number of rotatable bonds is 10. The van der Waals surface area contributed by atoms with E-state index in [1.807, 2.05) is 66.9 Å². The van der Waals surface area contributed by atoms with Crippen molar-refractivity contribution >= 4 is 68.5 Å². The van der Waals surface area contributed by atoms with Crippen LogP contribution < -0.4 is 16.0 Å². The Morgan fingerprint density at radius 2 is 1.55 bits per heavy atom. The van der Waals surface area contributed by atoms with Gasteiger partial charge in [0.05, 0.1) is 11.4 Å². The van der Waals surface area contributed by atoms with Crippen molar-refractivity contribution in [3.63, 3.8) is 0 Å². The predicted octanol–water partition coefficient (Wildman–Crippen LogP) is 8.41. The van der Waals surface area contributed by atoms with Crippen LogP contribution in [0.5, 0.6) is 0 Å². The van der Waals surface area contributed by atoms with E-state index in [2.05, 4.69) is 45.2 Å². The monoisotopic (exact) mass is 654 g/mol. The van der Waals surface area contributed by atoms with Crippen molar-refractivity contribution in [3.05, 3.63) is 149 Å². The van der Waals surface area contributed by atoms with Crippen LogP contribution in [0.25, 0.3) is 28.1 Å². The molecule has 0 fully saturated rings. The Balaban J connectivity index is 1.09. The van der Waals surface area contributed by atoms with E-state index in [1.54, 1.807) is 48.5 Å². The molecule has 7 nitrogen and oxygen atoms in total. The number of anilines is 2. The largest absolute Gasteiger partial charge is 0.321 e. The van der Waals surface area contributed by atoms with E-state index in [9.17, 15) is 14.4 Å². The zero-order valence-corrected chi connectivity index (χ0v) is 27.0. The van der Waals surface area contributed by atoms with Crippen molar-refractivity contribution in [2.75, 3.05) is 16.4 Å². The van der Waals surface area contributed by atoms with Gasteiger partial charge in [0.15, 0.2) is 5.13 Å². The third-order valence-electron chi connectivity index (χ3n) is 7.27. The molecule has 3 N–H and O–H groups in total. The molecule has 0 saturated carbocycles. The average Bonchev–Trinajstić information content (AvgIpc) is 3.56. The lowest BCUT2D eigenvalue weighted by Gasteiger charge is -2.13. The van der Waals surface area contributed by atoms with Gasteiger partial charge in [-0.15, -0.1) is 23.1 Å². The number of amides is 3. The minimum Gasteiger partial charge on any atom is -0.321 e. The molecule has 0 aliphatic heterocycles. The smallest absolute Gasteiger partial charge is 0.272 e. The predicted molar refractivity (Wildman–Crippen MR) is 193 cm³/mol. The highest BCUT2D eigenvalue weighted by atomic mass is 32.2. The summed E-state index contributed by atoms with van der Waals surface area (Å²) in [6, 6.07) is 37.9. The number of nitrogens with one attached hydrogen (secondary N) is 3. The number of fused-ring (bicyclic) bond motifs is 1. The second-order valence-electron chi connectivity index (χ2n) is 10.7. The molecule has 0 spiro atoms. The highest BCUT2D eigenvalue weighted by molar-refractivity contribution is 8.00. The van der Waals surface area contributed by atoms with Crippen LogP contribution in [-0.2, 0) is 9.59 Å². The van der Waals surface area contributed by atoms with Gasteiger partial charge < -0.3 is 16.0 Å². The van der Waals surface area contributed by atoms with Crippen LogP contribution >= 0.6 is 23.1 Å².